The lowest BCUT2D eigenvalue weighted by Crippen LogP contribution is -2.32. The number of para-hydroxylation sites is 1. The minimum Gasteiger partial charge on any atom is -0.380 e. The molecule has 26 heavy (non-hydrogen) atoms. The van der Waals surface area contributed by atoms with E-state index in [0.717, 1.165) is 23.5 Å². The first-order chi connectivity index (χ1) is 12.7. The molecule has 2 atom stereocenters. The molecular weight excluding hydrogens is 330 g/mol. The van der Waals surface area contributed by atoms with Crippen molar-refractivity contribution in [2.75, 3.05) is 13.7 Å². The van der Waals surface area contributed by atoms with Crippen LogP contribution in [0.5, 0.6) is 0 Å². The van der Waals surface area contributed by atoms with Crippen LogP contribution in [0.25, 0.3) is 5.69 Å². The summed E-state index contributed by atoms with van der Waals surface area (Å²) in [6.45, 7) is 2.56. The van der Waals surface area contributed by atoms with E-state index in [2.05, 4.69) is 15.1 Å². The number of carbonyl (C=O) groups is 1. The molecule has 1 unspecified atom stereocenters. The molecule has 1 N–H and O–H groups in total. The van der Waals surface area contributed by atoms with Crippen LogP contribution < -0.4 is 0 Å². The van der Waals surface area contributed by atoms with Crippen LogP contribution in [0.1, 0.15) is 34.2 Å². The van der Waals surface area contributed by atoms with Crippen LogP contribution in [0.15, 0.2) is 49.1 Å². The highest BCUT2D eigenvalue weighted by molar-refractivity contribution is 5.94. The molecule has 0 bridgehead atoms. The maximum atomic E-state index is 13.1. The average molecular weight is 351 g/mol. The number of aromatic nitrogens is 4. The van der Waals surface area contributed by atoms with Crippen molar-refractivity contribution in [1.82, 2.24) is 24.6 Å². The summed E-state index contributed by atoms with van der Waals surface area (Å²) in [4.78, 5) is 22.4. The van der Waals surface area contributed by atoms with Crippen LogP contribution in [-0.4, -0.2) is 50.3 Å². The molecule has 4 rings (SSSR count). The van der Waals surface area contributed by atoms with Crippen LogP contribution >= 0.6 is 0 Å². The molecule has 0 aliphatic carbocycles. The van der Waals surface area contributed by atoms with E-state index in [-0.39, 0.29) is 18.1 Å². The summed E-state index contributed by atoms with van der Waals surface area (Å²) in [7, 11) is 1.67. The zero-order chi connectivity index (χ0) is 18.1. The minimum atomic E-state index is -0.121. The SMILES string of the molecule is CO[C@@H]1CC(c2ncc[nH]2)N(C(=O)c2cnn(-c3ccccc3C)c2)C1. The van der Waals surface area contributed by atoms with E-state index in [0.29, 0.717) is 12.1 Å². The van der Waals surface area contributed by atoms with Gasteiger partial charge in [-0.3, -0.25) is 4.79 Å². The molecule has 0 spiro atoms. The van der Waals surface area contributed by atoms with Gasteiger partial charge in [0.2, 0.25) is 0 Å². The fourth-order valence-electron chi connectivity index (χ4n) is 3.46. The molecule has 2 aromatic heterocycles. The first-order valence-electron chi connectivity index (χ1n) is 8.61. The lowest BCUT2D eigenvalue weighted by atomic mass is 10.2. The van der Waals surface area contributed by atoms with Gasteiger partial charge < -0.3 is 14.6 Å². The highest BCUT2D eigenvalue weighted by Gasteiger charge is 2.38. The molecule has 3 heterocycles. The van der Waals surface area contributed by atoms with Crippen molar-refractivity contribution in [3.8, 4) is 5.69 Å². The van der Waals surface area contributed by atoms with Crippen molar-refractivity contribution in [1.29, 1.82) is 0 Å². The Morgan fingerprint density at radius 2 is 2.19 bits per heavy atom. The zero-order valence-corrected chi connectivity index (χ0v) is 14.8. The Labute approximate surface area is 151 Å². The molecule has 1 aliphatic heterocycles. The van der Waals surface area contributed by atoms with E-state index in [1.54, 1.807) is 36.6 Å². The van der Waals surface area contributed by atoms with Crippen LogP contribution in [0, 0.1) is 6.92 Å². The van der Waals surface area contributed by atoms with Crippen LogP contribution in [0.3, 0.4) is 0 Å². The summed E-state index contributed by atoms with van der Waals surface area (Å²) in [5, 5.41) is 4.38. The van der Waals surface area contributed by atoms with Crippen molar-refractivity contribution >= 4 is 5.91 Å². The van der Waals surface area contributed by atoms with E-state index in [4.69, 9.17) is 4.74 Å². The third-order valence-corrected chi connectivity index (χ3v) is 4.88. The van der Waals surface area contributed by atoms with Gasteiger partial charge in [-0.25, -0.2) is 9.67 Å². The summed E-state index contributed by atoms with van der Waals surface area (Å²) >= 11 is 0. The number of aromatic amines is 1. The average Bonchev–Trinajstić information content (AvgIpc) is 3.40. The highest BCUT2D eigenvalue weighted by Crippen LogP contribution is 2.32. The van der Waals surface area contributed by atoms with Gasteiger partial charge in [0.05, 0.1) is 29.6 Å². The molecule has 3 aromatic rings. The fraction of sp³-hybridized carbons (Fsp3) is 0.316. The smallest absolute Gasteiger partial charge is 0.257 e. The standard InChI is InChI=1S/C19H21N5O2/c1-13-5-3-4-6-16(13)24-11-14(10-22-24)19(25)23-12-15(26-2)9-17(23)18-20-7-8-21-18/h3-8,10-11,15,17H,9,12H2,1-2H3,(H,20,21)/t15-,17?/m1/s1. The Kier molecular flexibility index (Phi) is 4.30. The predicted octanol–water partition coefficient (Wildman–Crippen LogP) is 2.51. The summed E-state index contributed by atoms with van der Waals surface area (Å²) in [6, 6.07) is 7.83. The van der Waals surface area contributed by atoms with E-state index in [9.17, 15) is 4.79 Å². The van der Waals surface area contributed by atoms with Gasteiger partial charge in [-0.15, -0.1) is 0 Å². The predicted molar refractivity (Wildman–Crippen MR) is 96.1 cm³/mol. The van der Waals surface area contributed by atoms with Crippen molar-refractivity contribution < 1.29 is 9.53 Å². The van der Waals surface area contributed by atoms with Crippen molar-refractivity contribution in [2.45, 2.75) is 25.5 Å². The molecule has 1 aromatic carbocycles. The number of rotatable bonds is 4. The fourth-order valence-corrected chi connectivity index (χ4v) is 3.46. The highest BCUT2D eigenvalue weighted by atomic mass is 16.5. The number of hydrogen-bond donors (Lipinski definition) is 1. The number of ether oxygens (including phenoxy) is 1. The number of nitrogens with zero attached hydrogens (tertiary/aromatic N) is 4. The molecule has 0 radical (unpaired) electrons. The van der Waals surface area contributed by atoms with E-state index < -0.39 is 0 Å². The number of hydrogen-bond acceptors (Lipinski definition) is 4. The van der Waals surface area contributed by atoms with Gasteiger partial charge in [-0.1, -0.05) is 18.2 Å². The second-order valence-corrected chi connectivity index (χ2v) is 6.50. The molecule has 1 fully saturated rings. The maximum Gasteiger partial charge on any atom is 0.257 e. The number of methoxy groups -OCH3 is 1. The number of benzene rings is 1. The van der Waals surface area contributed by atoms with Gasteiger partial charge in [0.25, 0.3) is 5.91 Å². The lowest BCUT2D eigenvalue weighted by molar-refractivity contribution is 0.0684. The minimum absolute atomic E-state index is 0.000428. The summed E-state index contributed by atoms with van der Waals surface area (Å²) in [5.74, 6) is 0.718. The summed E-state index contributed by atoms with van der Waals surface area (Å²) in [6.07, 6.45) is 7.60. The van der Waals surface area contributed by atoms with E-state index >= 15 is 0 Å². The number of H-pyrrole nitrogens is 1. The Hall–Kier alpha value is -2.93. The molecule has 7 nitrogen and oxygen atoms in total. The number of amides is 1. The molecule has 1 aliphatic rings. The zero-order valence-electron chi connectivity index (χ0n) is 14.8. The third kappa shape index (κ3) is 2.90. The maximum absolute atomic E-state index is 13.1. The van der Waals surface area contributed by atoms with Crippen molar-refractivity contribution in [3.63, 3.8) is 0 Å². The van der Waals surface area contributed by atoms with E-state index in [1.807, 2.05) is 36.1 Å². The normalized spacial score (nSPS) is 19.8. The number of imidazole rings is 1. The Morgan fingerprint density at radius 1 is 1.35 bits per heavy atom. The van der Waals surface area contributed by atoms with Crippen molar-refractivity contribution in [3.05, 3.63) is 66.0 Å². The number of carbonyl (C=O) groups excluding carboxylic acids is 1. The van der Waals surface area contributed by atoms with Crippen molar-refractivity contribution in [2.24, 2.45) is 0 Å². The van der Waals surface area contributed by atoms with Gasteiger partial charge >= 0.3 is 0 Å². The molecule has 7 heteroatoms. The molecule has 1 amide bonds. The van der Waals surface area contributed by atoms with Gasteiger partial charge in [0.15, 0.2) is 0 Å². The van der Waals surface area contributed by atoms with Gasteiger partial charge in [0, 0.05) is 38.7 Å². The van der Waals surface area contributed by atoms with Crippen LogP contribution in [-0.2, 0) is 4.74 Å². The Morgan fingerprint density at radius 3 is 2.92 bits per heavy atom. The number of nitrogens with one attached hydrogen (secondary N) is 1. The quantitative estimate of drug-likeness (QED) is 0.784. The number of likely N-dealkylation sites (tertiary alicyclic amines) is 1. The van der Waals surface area contributed by atoms with Gasteiger partial charge in [-0.2, -0.15) is 5.10 Å². The molecule has 0 saturated carbocycles. The second-order valence-electron chi connectivity index (χ2n) is 6.50. The summed E-state index contributed by atoms with van der Waals surface area (Å²) < 4.78 is 7.23. The largest absolute Gasteiger partial charge is 0.380 e. The van der Waals surface area contributed by atoms with E-state index in [1.165, 1.54) is 0 Å². The van der Waals surface area contributed by atoms with Crippen LogP contribution in [0.2, 0.25) is 0 Å². The third-order valence-electron chi connectivity index (χ3n) is 4.88. The van der Waals surface area contributed by atoms with Crippen LogP contribution in [0.4, 0.5) is 0 Å². The second kappa shape index (κ2) is 6.76. The molecule has 1 saturated heterocycles. The first kappa shape index (κ1) is 16.5. The Bertz CT molecular complexity index is 902. The first-order valence-corrected chi connectivity index (χ1v) is 8.61. The lowest BCUT2D eigenvalue weighted by Gasteiger charge is -2.22. The Balaban J connectivity index is 1.62. The topological polar surface area (TPSA) is 76.0 Å². The molecular formula is C19H21N5O2. The summed E-state index contributed by atoms with van der Waals surface area (Å²) in [5.41, 5.74) is 2.62. The van der Waals surface area contributed by atoms with Gasteiger partial charge in [0.1, 0.15) is 5.82 Å². The van der Waals surface area contributed by atoms with Gasteiger partial charge in [-0.05, 0) is 18.6 Å². The molecule has 134 valence electrons. The number of aryl methyl sites for hydroxylation is 1. The monoisotopic (exact) mass is 351 g/mol.